The van der Waals surface area contributed by atoms with E-state index >= 15 is 0 Å². The van der Waals surface area contributed by atoms with E-state index in [2.05, 4.69) is 0 Å². The van der Waals surface area contributed by atoms with E-state index in [-0.39, 0.29) is 125 Å². The fourth-order valence-corrected chi connectivity index (χ4v) is 0. The molecule has 4 radical (unpaired) electrons. The van der Waals surface area contributed by atoms with Crippen molar-refractivity contribution in [2.45, 2.75) is 0 Å². The van der Waals surface area contributed by atoms with Crippen molar-refractivity contribution >= 4 is 27.3 Å². The van der Waals surface area contributed by atoms with Crippen LogP contribution in [0.3, 0.4) is 0 Å². The molecule has 0 spiro atoms. The molecule has 36 valence electrons. The van der Waals surface area contributed by atoms with E-state index in [0.717, 1.165) is 0 Å². The summed E-state index contributed by atoms with van der Waals surface area (Å²) < 4.78 is 0. The Morgan fingerprint density at radius 2 is 0.333 bits per heavy atom. The Balaban J connectivity index is 0. The first-order chi connectivity index (χ1) is 0. The monoisotopic (exact) mass is 300 g/mol. The summed E-state index contributed by atoms with van der Waals surface area (Å²) in [6.45, 7) is 0. The molecule has 0 saturated heterocycles. The maximum atomic E-state index is 0. The first kappa shape index (κ1) is 152. The van der Waals surface area contributed by atoms with Gasteiger partial charge < -0.3 is 21.9 Å². The van der Waals surface area contributed by atoms with E-state index in [1.54, 1.807) is 0 Å². The molecule has 0 heterocycles. The zero-order valence-electron chi connectivity index (χ0n) is 6.13. The van der Waals surface area contributed by atoms with Crippen molar-refractivity contribution in [2.75, 3.05) is 0 Å². The summed E-state index contributed by atoms with van der Waals surface area (Å²) >= 11 is 0. The van der Waals surface area contributed by atoms with Crippen LogP contribution in [0.5, 0.6) is 0 Å². The molecule has 0 aromatic carbocycles. The van der Waals surface area contributed by atoms with E-state index in [9.17, 15) is 0 Å². The maximum Gasteiger partial charge on any atom is 1.00 e. The Hall–Kier alpha value is 3.15. The fraction of sp³-hybridized carbons (Fsp3) is 0. The molecule has 0 aliphatic heterocycles. The molecule has 0 aliphatic carbocycles. The second-order valence-electron chi connectivity index (χ2n) is 0. The third kappa shape index (κ3) is 94.0. The van der Waals surface area contributed by atoms with Crippen molar-refractivity contribution in [2.24, 2.45) is 0 Å². The fourth-order valence-electron chi connectivity index (χ4n) is 0. The normalized spacial score (nSPS) is 0. The molecule has 0 fully saturated rings. The molecule has 9 heteroatoms. The van der Waals surface area contributed by atoms with Gasteiger partial charge in [-0.3, -0.25) is 0 Å². The summed E-state index contributed by atoms with van der Waals surface area (Å²) in [5, 5.41) is 0. The van der Waals surface area contributed by atoms with Crippen molar-refractivity contribution in [1.82, 2.24) is 0 Å². The Labute approximate surface area is 123 Å². The molecule has 0 aromatic rings. The van der Waals surface area contributed by atoms with Gasteiger partial charge in [-0.2, -0.15) is 0 Å². The zero-order chi connectivity index (χ0) is 0. The van der Waals surface area contributed by atoms with Crippen LogP contribution in [-0.4, -0.2) is 27.3 Å². The summed E-state index contributed by atoms with van der Waals surface area (Å²) in [4.78, 5) is 0. The predicted molar refractivity (Wildman–Crippen MR) is 8.50 cm³/mol. The molecule has 0 N–H and O–H groups in total. The molecule has 0 aliphatic rings. The molecular formula is Li4O4Pb-4. The van der Waals surface area contributed by atoms with Gasteiger partial charge in [0, 0.05) is 27.3 Å². The minimum absolute atomic E-state index is 0. The number of hydrogen-bond donors (Lipinski definition) is 0. The van der Waals surface area contributed by atoms with Gasteiger partial charge in [-0.1, -0.05) is 0 Å². The topological polar surface area (TPSA) is 114 Å². The van der Waals surface area contributed by atoms with Crippen LogP contribution in [0.2, 0.25) is 0 Å². The number of rotatable bonds is 0. The van der Waals surface area contributed by atoms with Crippen LogP contribution in [0, 0.1) is 0 Å². The van der Waals surface area contributed by atoms with Crippen LogP contribution >= 0.6 is 0 Å². The molecule has 0 unspecified atom stereocenters. The molecule has 9 heavy (non-hydrogen) atoms. The van der Waals surface area contributed by atoms with Gasteiger partial charge in [0.05, 0.1) is 0 Å². The number of hydrogen-bond acceptors (Lipinski definition) is 0. The first-order valence-corrected chi connectivity index (χ1v) is 0. The average Bonchev–Trinajstić information content (AvgIpc) is 0. The summed E-state index contributed by atoms with van der Waals surface area (Å²) in [5.41, 5.74) is 0. The van der Waals surface area contributed by atoms with E-state index < -0.39 is 0 Å². The van der Waals surface area contributed by atoms with Gasteiger partial charge in [0.25, 0.3) is 0 Å². The SMILES string of the molecule is [Li+].[Li+].[Li+].[Li+].[O-2].[O-2].[O-2].[O-2].[Pb]. The van der Waals surface area contributed by atoms with Gasteiger partial charge >= 0.3 is 75.4 Å². The van der Waals surface area contributed by atoms with Crippen LogP contribution in [0.1, 0.15) is 0 Å². The Kier molecular flexibility index (Phi) is 1960. The van der Waals surface area contributed by atoms with Crippen LogP contribution < -0.4 is 75.4 Å². The Morgan fingerprint density at radius 3 is 0.333 bits per heavy atom. The smallest absolute Gasteiger partial charge is 1.00 e. The molecule has 4 nitrogen and oxygen atoms in total. The van der Waals surface area contributed by atoms with Crippen LogP contribution in [-0.2, 0) is 21.9 Å². The molecule has 0 amide bonds. The summed E-state index contributed by atoms with van der Waals surface area (Å²) in [6, 6.07) is 0. The second-order valence-corrected chi connectivity index (χ2v) is 0. The minimum atomic E-state index is 0. The van der Waals surface area contributed by atoms with Crippen LogP contribution in [0.15, 0.2) is 0 Å². The maximum absolute atomic E-state index is 0. The third-order valence-electron chi connectivity index (χ3n) is 0. The van der Waals surface area contributed by atoms with Crippen molar-refractivity contribution in [3.63, 3.8) is 0 Å². The molecule has 0 bridgehead atoms. The third-order valence-corrected chi connectivity index (χ3v) is 0. The molecule has 0 rings (SSSR count). The van der Waals surface area contributed by atoms with Gasteiger partial charge in [-0.15, -0.1) is 0 Å². The minimum Gasteiger partial charge on any atom is -2.00 e. The van der Waals surface area contributed by atoms with Crippen molar-refractivity contribution in [3.8, 4) is 0 Å². The second kappa shape index (κ2) is 116. The van der Waals surface area contributed by atoms with Crippen molar-refractivity contribution in [3.05, 3.63) is 0 Å². The van der Waals surface area contributed by atoms with Gasteiger partial charge in [-0.25, -0.2) is 0 Å². The summed E-state index contributed by atoms with van der Waals surface area (Å²) in [7, 11) is 0. The van der Waals surface area contributed by atoms with E-state index in [4.69, 9.17) is 0 Å². The summed E-state index contributed by atoms with van der Waals surface area (Å²) in [5.74, 6) is 0. The molecular weight excluding hydrogens is 299 g/mol. The largest absolute Gasteiger partial charge is 2.00 e. The Bertz CT molecular complexity index is 12.5. The van der Waals surface area contributed by atoms with E-state index in [0.29, 0.717) is 0 Å². The first-order valence-electron chi connectivity index (χ1n) is 0. The van der Waals surface area contributed by atoms with E-state index in [1.807, 2.05) is 0 Å². The molecule has 0 atom stereocenters. The average molecular weight is 299 g/mol. The van der Waals surface area contributed by atoms with Gasteiger partial charge in [0.2, 0.25) is 0 Å². The quantitative estimate of drug-likeness (QED) is 0.395. The van der Waals surface area contributed by atoms with Crippen molar-refractivity contribution in [1.29, 1.82) is 0 Å². The molecule has 0 aromatic heterocycles. The predicted octanol–water partition coefficient (Wildman–Crippen LogP) is -12.8. The standard InChI is InChI=1S/4Li.4O.Pb/q4*+1;4*-2;. The van der Waals surface area contributed by atoms with Gasteiger partial charge in [-0.05, 0) is 0 Å². The van der Waals surface area contributed by atoms with E-state index in [1.165, 1.54) is 0 Å². The Morgan fingerprint density at radius 1 is 0.333 bits per heavy atom. The molecule has 0 saturated carbocycles. The summed E-state index contributed by atoms with van der Waals surface area (Å²) in [6.07, 6.45) is 0. The van der Waals surface area contributed by atoms with Crippen LogP contribution in [0.25, 0.3) is 0 Å². The van der Waals surface area contributed by atoms with Crippen LogP contribution in [0.4, 0.5) is 0 Å². The van der Waals surface area contributed by atoms with Crippen molar-refractivity contribution < 1.29 is 97.3 Å². The zero-order valence-corrected chi connectivity index (χ0v) is 10.0. The van der Waals surface area contributed by atoms with Gasteiger partial charge in [0.15, 0.2) is 0 Å². The van der Waals surface area contributed by atoms with Gasteiger partial charge in [0.1, 0.15) is 0 Å².